The van der Waals surface area contributed by atoms with Crippen LogP contribution in [0.3, 0.4) is 0 Å². The van der Waals surface area contributed by atoms with Crippen molar-refractivity contribution >= 4 is 15.9 Å². The summed E-state index contributed by atoms with van der Waals surface area (Å²) in [6.45, 7) is 8.51. The minimum atomic E-state index is 0.939. The quantitative estimate of drug-likeness (QED) is 0.894. The van der Waals surface area contributed by atoms with E-state index in [4.69, 9.17) is 0 Å². The first-order chi connectivity index (χ1) is 7.29. The summed E-state index contributed by atoms with van der Waals surface area (Å²) in [5.41, 5.74) is 0. The molecule has 1 aliphatic rings. The van der Waals surface area contributed by atoms with Crippen LogP contribution in [-0.4, -0.2) is 40.6 Å². The predicted molar refractivity (Wildman–Crippen MR) is 63.7 cm³/mol. The molecule has 84 valence electrons. The Morgan fingerprint density at radius 2 is 2.20 bits per heavy atom. The van der Waals surface area contributed by atoms with Crippen LogP contribution in [-0.2, 0) is 13.1 Å². The molecular weight excluding hydrogens is 256 g/mol. The van der Waals surface area contributed by atoms with Crippen LogP contribution >= 0.6 is 15.9 Å². The van der Waals surface area contributed by atoms with Gasteiger partial charge in [0.2, 0.25) is 0 Å². The maximum Gasteiger partial charge on any atom is 0.124 e. The lowest BCUT2D eigenvalue weighted by Crippen LogP contribution is -2.43. The molecule has 0 radical (unpaired) electrons. The van der Waals surface area contributed by atoms with Crippen LogP contribution in [0.25, 0.3) is 0 Å². The number of nitrogens with one attached hydrogen (secondary N) is 1. The molecule has 0 bridgehead atoms. The van der Waals surface area contributed by atoms with E-state index in [-0.39, 0.29) is 0 Å². The zero-order valence-corrected chi connectivity index (χ0v) is 10.6. The maximum absolute atomic E-state index is 4.49. The van der Waals surface area contributed by atoms with Crippen LogP contribution < -0.4 is 5.32 Å². The number of nitrogens with zero attached hydrogens (tertiary/aromatic N) is 3. The summed E-state index contributed by atoms with van der Waals surface area (Å²) in [7, 11) is 0. The summed E-state index contributed by atoms with van der Waals surface area (Å²) in [6, 6.07) is 0. The largest absolute Gasteiger partial charge is 0.333 e. The Labute approximate surface area is 98.8 Å². The zero-order chi connectivity index (χ0) is 10.7. The number of hydrogen-bond donors (Lipinski definition) is 1. The van der Waals surface area contributed by atoms with Crippen LogP contribution in [0.4, 0.5) is 0 Å². The molecule has 0 spiro atoms. The van der Waals surface area contributed by atoms with E-state index in [1.165, 1.54) is 0 Å². The minimum Gasteiger partial charge on any atom is -0.333 e. The molecule has 2 rings (SSSR count). The van der Waals surface area contributed by atoms with Crippen molar-refractivity contribution in [3.63, 3.8) is 0 Å². The lowest BCUT2D eigenvalue weighted by molar-refractivity contribution is 0.225. The summed E-state index contributed by atoms with van der Waals surface area (Å²) >= 11 is 3.43. The number of hydrogen-bond acceptors (Lipinski definition) is 3. The van der Waals surface area contributed by atoms with Crippen molar-refractivity contribution in [3.05, 3.63) is 16.6 Å². The summed E-state index contributed by atoms with van der Waals surface area (Å²) in [5.74, 6) is 1.16. The van der Waals surface area contributed by atoms with E-state index in [1.807, 2.05) is 0 Å². The van der Waals surface area contributed by atoms with Crippen LogP contribution in [0, 0.1) is 0 Å². The highest BCUT2D eigenvalue weighted by molar-refractivity contribution is 9.10. The molecule has 0 aliphatic carbocycles. The van der Waals surface area contributed by atoms with Gasteiger partial charge in [0.25, 0.3) is 0 Å². The summed E-state index contributed by atoms with van der Waals surface area (Å²) in [6.07, 6.45) is 2.05. The Hall–Kier alpha value is -0.390. The highest BCUT2D eigenvalue weighted by Crippen LogP contribution is 2.12. The Balaban J connectivity index is 2.02. The van der Waals surface area contributed by atoms with Gasteiger partial charge in [-0.2, -0.15) is 0 Å². The molecule has 5 heteroatoms. The first-order valence-electron chi connectivity index (χ1n) is 5.44. The predicted octanol–water partition coefficient (Wildman–Crippen LogP) is 1.07. The molecule has 1 N–H and O–H groups in total. The average molecular weight is 273 g/mol. The van der Waals surface area contributed by atoms with Gasteiger partial charge in [-0.15, -0.1) is 0 Å². The number of halogens is 1. The lowest BCUT2D eigenvalue weighted by Gasteiger charge is -2.26. The normalized spacial score (nSPS) is 18.3. The number of rotatable bonds is 3. The fourth-order valence-corrected chi connectivity index (χ4v) is 2.34. The van der Waals surface area contributed by atoms with Crippen LogP contribution in [0.2, 0.25) is 0 Å². The van der Waals surface area contributed by atoms with Gasteiger partial charge >= 0.3 is 0 Å². The average Bonchev–Trinajstić information content (AvgIpc) is 2.60. The molecule has 2 heterocycles. The van der Waals surface area contributed by atoms with E-state index in [0.717, 1.165) is 49.7 Å². The second-order valence-electron chi connectivity index (χ2n) is 3.79. The second kappa shape index (κ2) is 5.09. The fraction of sp³-hybridized carbons (Fsp3) is 0.700. The third kappa shape index (κ3) is 2.80. The smallest absolute Gasteiger partial charge is 0.124 e. The van der Waals surface area contributed by atoms with Gasteiger partial charge in [0, 0.05) is 38.9 Å². The minimum absolute atomic E-state index is 0.939. The third-order valence-electron chi connectivity index (χ3n) is 2.75. The first kappa shape index (κ1) is 11.1. The van der Waals surface area contributed by atoms with E-state index in [9.17, 15) is 0 Å². The molecule has 1 fully saturated rings. The number of aryl methyl sites for hydroxylation is 1. The summed E-state index contributed by atoms with van der Waals surface area (Å²) in [5, 5.41) is 3.36. The lowest BCUT2D eigenvalue weighted by atomic mass is 10.3. The molecule has 4 nitrogen and oxygen atoms in total. The zero-order valence-electron chi connectivity index (χ0n) is 9.04. The topological polar surface area (TPSA) is 33.1 Å². The van der Waals surface area contributed by atoms with E-state index in [2.05, 4.69) is 48.8 Å². The number of piperazine rings is 1. The summed E-state index contributed by atoms with van der Waals surface area (Å²) in [4.78, 5) is 6.94. The molecule has 1 aliphatic heterocycles. The number of imidazole rings is 1. The van der Waals surface area contributed by atoms with Crippen LogP contribution in [0.1, 0.15) is 12.7 Å². The molecule has 1 aromatic heterocycles. The van der Waals surface area contributed by atoms with Crippen molar-refractivity contribution in [2.24, 2.45) is 0 Å². The Morgan fingerprint density at radius 3 is 2.87 bits per heavy atom. The molecule has 0 amide bonds. The van der Waals surface area contributed by atoms with E-state index < -0.39 is 0 Å². The monoisotopic (exact) mass is 272 g/mol. The highest BCUT2D eigenvalue weighted by atomic mass is 79.9. The van der Waals surface area contributed by atoms with Gasteiger partial charge in [-0.05, 0) is 22.9 Å². The molecule has 0 unspecified atom stereocenters. The SMILES string of the molecule is CCn1cc(Br)nc1CN1CCNCC1. The van der Waals surface area contributed by atoms with Crippen molar-refractivity contribution in [2.45, 2.75) is 20.0 Å². The molecule has 1 saturated heterocycles. The van der Waals surface area contributed by atoms with E-state index >= 15 is 0 Å². The number of aromatic nitrogens is 2. The Kier molecular flexibility index (Phi) is 3.77. The molecule has 15 heavy (non-hydrogen) atoms. The van der Waals surface area contributed by atoms with Crippen LogP contribution in [0.15, 0.2) is 10.8 Å². The van der Waals surface area contributed by atoms with Gasteiger partial charge in [-0.1, -0.05) is 0 Å². The molecule has 1 aromatic rings. The van der Waals surface area contributed by atoms with Crippen molar-refractivity contribution in [3.8, 4) is 0 Å². The third-order valence-corrected chi connectivity index (χ3v) is 3.13. The van der Waals surface area contributed by atoms with Gasteiger partial charge in [0.15, 0.2) is 0 Å². The maximum atomic E-state index is 4.49. The standard InChI is InChI=1S/C10H17BrN4/c1-2-15-7-9(11)13-10(15)8-14-5-3-12-4-6-14/h7,12H,2-6,8H2,1H3. The molecule has 0 atom stereocenters. The van der Waals surface area contributed by atoms with E-state index in [1.54, 1.807) is 0 Å². The van der Waals surface area contributed by atoms with E-state index in [0.29, 0.717) is 0 Å². The van der Waals surface area contributed by atoms with Crippen LogP contribution in [0.5, 0.6) is 0 Å². The van der Waals surface area contributed by atoms with Crippen molar-refractivity contribution in [1.29, 1.82) is 0 Å². The van der Waals surface area contributed by atoms with Crippen molar-refractivity contribution in [1.82, 2.24) is 19.8 Å². The highest BCUT2D eigenvalue weighted by Gasteiger charge is 2.13. The Morgan fingerprint density at radius 1 is 1.47 bits per heavy atom. The summed E-state index contributed by atoms with van der Waals surface area (Å²) < 4.78 is 3.14. The second-order valence-corrected chi connectivity index (χ2v) is 4.60. The van der Waals surface area contributed by atoms with Crippen molar-refractivity contribution in [2.75, 3.05) is 26.2 Å². The van der Waals surface area contributed by atoms with Gasteiger partial charge in [0.05, 0.1) is 6.54 Å². The van der Waals surface area contributed by atoms with Gasteiger partial charge in [0.1, 0.15) is 10.4 Å². The Bertz CT molecular complexity index is 317. The van der Waals surface area contributed by atoms with Gasteiger partial charge in [-0.3, -0.25) is 4.90 Å². The fourth-order valence-electron chi connectivity index (χ4n) is 1.89. The van der Waals surface area contributed by atoms with Gasteiger partial charge < -0.3 is 9.88 Å². The molecule has 0 saturated carbocycles. The van der Waals surface area contributed by atoms with Gasteiger partial charge in [-0.25, -0.2) is 4.98 Å². The van der Waals surface area contributed by atoms with Crippen molar-refractivity contribution < 1.29 is 0 Å². The first-order valence-corrected chi connectivity index (χ1v) is 6.23. The molecular formula is C10H17BrN4. The molecule has 0 aromatic carbocycles.